The number of hydrogen-bond donors (Lipinski definition) is 0. The highest BCUT2D eigenvalue weighted by Crippen LogP contribution is 2.36. The van der Waals surface area contributed by atoms with E-state index in [4.69, 9.17) is 5.26 Å². The number of hydrogen-bond acceptors (Lipinski definition) is 4. The first-order valence-electron chi connectivity index (χ1n) is 8.97. The van der Waals surface area contributed by atoms with Gasteiger partial charge in [0.25, 0.3) is 5.56 Å². The Hall–Kier alpha value is -3.41. The molecule has 1 aliphatic carbocycles. The highest BCUT2D eigenvalue weighted by Gasteiger charge is 2.43. The first-order chi connectivity index (χ1) is 13.8. The van der Waals surface area contributed by atoms with E-state index in [9.17, 15) is 22.8 Å². The van der Waals surface area contributed by atoms with Crippen molar-refractivity contribution in [3.05, 3.63) is 68.8 Å². The molecule has 0 radical (unpaired) electrons. The summed E-state index contributed by atoms with van der Waals surface area (Å²) in [6.45, 7) is -0.351. The Morgan fingerprint density at radius 2 is 1.97 bits per heavy atom. The van der Waals surface area contributed by atoms with Crippen molar-refractivity contribution in [3.8, 4) is 11.8 Å². The van der Waals surface area contributed by atoms with Crippen molar-refractivity contribution in [2.45, 2.75) is 32.0 Å². The van der Waals surface area contributed by atoms with E-state index in [0.717, 1.165) is 9.13 Å². The van der Waals surface area contributed by atoms with E-state index in [1.807, 2.05) is 6.07 Å². The lowest BCUT2D eigenvalue weighted by Gasteiger charge is -2.28. The predicted octanol–water partition coefficient (Wildman–Crippen LogP) is 2.74. The molecule has 0 saturated heterocycles. The Labute approximate surface area is 162 Å². The number of nitriles is 1. The van der Waals surface area contributed by atoms with Gasteiger partial charge in [0, 0.05) is 28.2 Å². The number of nitrogens with zero attached hydrogens (tertiary/aromatic N) is 4. The molecule has 9 heteroatoms. The normalized spacial score (nSPS) is 16.4. The average Bonchev–Trinajstić information content (AvgIpc) is 2.70. The maximum absolute atomic E-state index is 13.3. The molecule has 1 aromatic carbocycles. The van der Waals surface area contributed by atoms with Crippen LogP contribution < -0.4 is 11.2 Å². The Kier molecular flexibility index (Phi) is 4.49. The summed E-state index contributed by atoms with van der Waals surface area (Å²) in [5, 5.41) is 10.4. The molecule has 0 spiro atoms. The summed E-state index contributed by atoms with van der Waals surface area (Å²) in [5.74, 6) is -1.66. The van der Waals surface area contributed by atoms with Crippen LogP contribution in [0.1, 0.15) is 17.7 Å². The van der Waals surface area contributed by atoms with Gasteiger partial charge < -0.3 is 0 Å². The topological polar surface area (TPSA) is 80.7 Å². The number of alkyl halides is 3. The van der Waals surface area contributed by atoms with Gasteiger partial charge in [0.15, 0.2) is 0 Å². The molecule has 0 fully saturated rings. The summed E-state index contributed by atoms with van der Waals surface area (Å²) in [4.78, 5) is 30.3. The lowest BCUT2D eigenvalue weighted by molar-refractivity contribution is -0.177. The van der Waals surface area contributed by atoms with Crippen LogP contribution in [0.25, 0.3) is 16.5 Å². The summed E-state index contributed by atoms with van der Waals surface area (Å²) in [7, 11) is 0. The largest absolute Gasteiger partial charge is 0.392 e. The summed E-state index contributed by atoms with van der Waals surface area (Å²) >= 11 is 0. The Morgan fingerprint density at radius 3 is 2.69 bits per heavy atom. The van der Waals surface area contributed by atoms with Crippen molar-refractivity contribution in [2.24, 2.45) is 5.92 Å². The van der Waals surface area contributed by atoms with Crippen LogP contribution in [-0.2, 0) is 19.4 Å². The lowest BCUT2D eigenvalue weighted by atomic mass is 9.86. The van der Waals surface area contributed by atoms with Gasteiger partial charge in [-0.25, -0.2) is 9.36 Å². The van der Waals surface area contributed by atoms with Crippen molar-refractivity contribution in [1.82, 2.24) is 14.1 Å². The van der Waals surface area contributed by atoms with E-state index >= 15 is 0 Å². The van der Waals surface area contributed by atoms with Gasteiger partial charge in [-0.15, -0.1) is 0 Å². The maximum Gasteiger partial charge on any atom is 0.392 e. The van der Waals surface area contributed by atoms with Gasteiger partial charge in [0.05, 0.1) is 23.9 Å². The maximum atomic E-state index is 13.3. The average molecular weight is 400 g/mol. The minimum absolute atomic E-state index is 0.0682. The van der Waals surface area contributed by atoms with E-state index in [1.54, 1.807) is 30.5 Å². The molecule has 6 nitrogen and oxygen atoms in total. The predicted molar refractivity (Wildman–Crippen MR) is 98.8 cm³/mol. The van der Waals surface area contributed by atoms with Gasteiger partial charge in [-0.05, 0) is 19.3 Å². The quantitative estimate of drug-likeness (QED) is 0.663. The van der Waals surface area contributed by atoms with Crippen molar-refractivity contribution in [2.75, 3.05) is 0 Å². The van der Waals surface area contributed by atoms with Crippen molar-refractivity contribution in [3.63, 3.8) is 0 Å². The van der Waals surface area contributed by atoms with Crippen LogP contribution in [-0.4, -0.2) is 20.3 Å². The number of rotatable bonds is 2. The SMILES string of the molecule is N#CCn1c2c(c(=O)n(-c3cncc4ccccc34)c1=O)C[C@H](C(F)(F)F)CC2. The molecule has 0 saturated carbocycles. The molecule has 148 valence electrons. The third kappa shape index (κ3) is 3.10. The molecule has 0 unspecified atom stereocenters. The second kappa shape index (κ2) is 6.88. The van der Waals surface area contributed by atoms with Gasteiger partial charge >= 0.3 is 11.9 Å². The molecule has 1 atom stereocenters. The molecule has 4 rings (SSSR count). The first kappa shape index (κ1) is 18.9. The molecule has 2 aromatic heterocycles. The first-order valence-corrected chi connectivity index (χ1v) is 8.97. The van der Waals surface area contributed by atoms with Crippen LogP contribution in [0.3, 0.4) is 0 Å². The van der Waals surface area contributed by atoms with Crippen molar-refractivity contribution in [1.29, 1.82) is 5.26 Å². The van der Waals surface area contributed by atoms with E-state index in [-0.39, 0.29) is 36.3 Å². The zero-order valence-corrected chi connectivity index (χ0v) is 15.1. The van der Waals surface area contributed by atoms with E-state index < -0.39 is 29.8 Å². The highest BCUT2D eigenvalue weighted by molar-refractivity contribution is 5.89. The highest BCUT2D eigenvalue weighted by atomic mass is 19.4. The fourth-order valence-electron chi connectivity index (χ4n) is 3.90. The lowest BCUT2D eigenvalue weighted by Crippen LogP contribution is -2.45. The van der Waals surface area contributed by atoms with Gasteiger partial charge in [-0.2, -0.15) is 18.4 Å². The second-order valence-electron chi connectivity index (χ2n) is 6.95. The molecule has 2 heterocycles. The van der Waals surface area contributed by atoms with E-state index in [0.29, 0.717) is 10.8 Å². The Balaban J connectivity index is 2.04. The molecule has 3 aromatic rings. The minimum Gasteiger partial charge on any atom is -0.283 e. The fourth-order valence-corrected chi connectivity index (χ4v) is 3.90. The summed E-state index contributed by atoms with van der Waals surface area (Å²) < 4.78 is 41.8. The van der Waals surface area contributed by atoms with Crippen LogP contribution in [0.4, 0.5) is 13.2 Å². The Morgan fingerprint density at radius 1 is 1.21 bits per heavy atom. The fraction of sp³-hybridized carbons (Fsp3) is 0.300. The van der Waals surface area contributed by atoms with Crippen LogP contribution in [0.2, 0.25) is 0 Å². The summed E-state index contributed by atoms with van der Waals surface area (Å²) in [6.07, 6.45) is -2.36. The van der Waals surface area contributed by atoms with Crippen LogP contribution >= 0.6 is 0 Å². The molecule has 29 heavy (non-hydrogen) atoms. The van der Waals surface area contributed by atoms with E-state index in [1.165, 1.54) is 6.20 Å². The van der Waals surface area contributed by atoms with Gasteiger partial charge in [0.2, 0.25) is 0 Å². The zero-order valence-electron chi connectivity index (χ0n) is 15.1. The van der Waals surface area contributed by atoms with Crippen molar-refractivity contribution < 1.29 is 13.2 Å². The smallest absolute Gasteiger partial charge is 0.283 e. The third-order valence-corrected chi connectivity index (χ3v) is 5.32. The number of aromatic nitrogens is 3. The monoisotopic (exact) mass is 400 g/mol. The third-order valence-electron chi connectivity index (χ3n) is 5.32. The molecule has 0 bridgehead atoms. The molecule has 0 N–H and O–H groups in total. The second-order valence-corrected chi connectivity index (χ2v) is 6.95. The molecule has 0 aliphatic heterocycles. The van der Waals surface area contributed by atoms with Crippen LogP contribution in [0, 0.1) is 17.2 Å². The molecular weight excluding hydrogens is 385 g/mol. The summed E-state index contributed by atoms with van der Waals surface area (Å²) in [6, 6.07) is 8.81. The Bertz CT molecular complexity index is 1260. The number of pyridine rings is 1. The van der Waals surface area contributed by atoms with Gasteiger partial charge in [0.1, 0.15) is 6.54 Å². The number of halogens is 3. The van der Waals surface area contributed by atoms with Crippen LogP contribution in [0.5, 0.6) is 0 Å². The molecule has 0 amide bonds. The van der Waals surface area contributed by atoms with Gasteiger partial charge in [-0.1, -0.05) is 24.3 Å². The minimum atomic E-state index is -4.44. The molecule has 1 aliphatic rings. The zero-order chi connectivity index (χ0) is 20.8. The van der Waals surface area contributed by atoms with Gasteiger partial charge in [-0.3, -0.25) is 14.3 Å². The van der Waals surface area contributed by atoms with Crippen LogP contribution in [0.15, 0.2) is 46.2 Å². The molecular formula is C20H15F3N4O2. The van der Waals surface area contributed by atoms with Crippen molar-refractivity contribution >= 4 is 10.8 Å². The number of benzene rings is 1. The number of fused-ring (bicyclic) bond motifs is 2. The van der Waals surface area contributed by atoms with E-state index in [2.05, 4.69) is 4.98 Å². The summed E-state index contributed by atoms with van der Waals surface area (Å²) in [5.41, 5.74) is -1.21. The standard InChI is InChI=1S/C20H15F3N4O2/c21-20(22,23)13-5-6-16-15(9-13)18(28)27(19(29)26(16)8-7-24)17-11-25-10-12-3-1-2-4-14(12)17/h1-4,10-11,13H,5-6,8-9H2/t13-/m1/s1.